The van der Waals surface area contributed by atoms with Crippen LogP contribution in [0.4, 0.5) is 4.79 Å². The van der Waals surface area contributed by atoms with Gasteiger partial charge in [0.25, 0.3) is 0 Å². The first kappa shape index (κ1) is 19.3. The second-order valence-corrected chi connectivity index (χ2v) is 8.84. The van der Waals surface area contributed by atoms with Crippen LogP contribution >= 0.6 is 0 Å². The lowest BCUT2D eigenvalue weighted by atomic mass is 9.86. The SMILES string of the molecule is CC(C)(C)OC(=O)N1CCCC(/C=C/B2OC(C)(C)C(C)(C)O2)C1. The van der Waals surface area contributed by atoms with Gasteiger partial charge >= 0.3 is 13.2 Å². The molecule has 6 heteroatoms. The van der Waals surface area contributed by atoms with Gasteiger partial charge in [0.2, 0.25) is 0 Å². The summed E-state index contributed by atoms with van der Waals surface area (Å²) in [5.74, 6) is 2.30. The first-order chi connectivity index (χ1) is 10.9. The molecule has 2 rings (SSSR count). The van der Waals surface area contributed by atoms with Crippen molar-refractivity contribution in [3.05, 3.63) is 12.1 Å². The van der Waals surface area contributed by atoms with E-state index in [1.54, 1.807) is 4.90 Å². The maximum Gasteiger partial charge on any atom is 0.486 e. The predicted molar refractivity (Wildman–Crippen MR) is 95.8 cm³/mol. The molecule has 0 saturated carbocycles. The molecular weight excluding hydrogens is 305 g/mol. The summed E-state index contributed by atoms with van der Waals surface area (Å²) in [6, 6.07) is 0. The van der Waals surface area contributed by atoms with E-state index in [2.05, 4.69) is 6.08 Å². The number of rotatable bonds is 2. The van der Waals surface area contributed by atoms with E-state index in [0.29, 0.717) is 12.5 Å². The van der Waals surface area contributed by atoms with Crippen molar-refractivity contribution < 1.29 is 18.8 Å². The minimum atomic E-state index is -0.456. The lowest BCUT2D eigenvalue weighted by Crippen LogP contribution is -2.42. The average molecular weight is 337 g/mol. The number of ether oxygens (including phenoxy) is 1. The van der Waals surface area contributed by atoms with Crippen molar-refractivity contribution in [2.45, 2.75) is 78.1 Å². The quantitative estimate of drug-likeness (QED) is 0.719. The van der Waals surface area contributed by atoms with Crippen LogP contribution in [0.15, 0.2) is 12.1 Å². The highest BCUT2D eigenvalue weighted by Crippen LogP contribution is 2.37. The molecule has 2 heterocycles. The third kappa shape index (κ3) is 4.76. The van der Waals surface area contributed by atoms with Crippen molar-refractivity contribution in [3.8, 4) is 0 Å². The van der Waals surface area contributed by atoms with Crippen LogP contribution in [0.2, 0.25) is 0 Å². The summed E-state index contributed by atoms with van der Waals surface area (Å²) in [6.07, 6.45) is 3.95. The lowest BCUT2D eigenvalue weighted by Gasteiger charge is -2.33. The van der Waals surface area contributed by atoms with Crippen molar-refractivity contribution in [2.24, 2.45) is 5.92 Å². The molecule has 1 amide bonds. The van der Waals surface area contributed by atoms with E-state index in [-0.39, 0.29) is 24.4 Å². The molecule has 1 atom stereocenters. The fraction of sp³-hybridized carbons (Fsp3) is 0.833. The molecule has 136 valence electrons. The minimum Gasteiger partial charge on any atom is -0.444 e. The minimum absolute atomic E-state index is 0.226. The van der Waals surface area contributed by atoms with Crippen LogP contribution < -0.4 is 0 Å². The van der Waals surface area contributed by atoms with E-state index in [9.17, 15) is 4.79 Å². The summed E-state index contributed by atoms with van der Waals surface area (Å²) < 4.78 is 17.4. The molecule has 1 unspecified atom stereocenters. The first-order valence-electron chi connectivity index (χ1n) is 8.91. The zero-order valence-corrected chi connectivity index (χ0v) is 16.2. The summed E-state index contributed by atoms with van der Waals surface area (Å²) in [4.78, 5) is 14.0. The van der Waals surface area contributed by atoms with Crippen molar-refractivity contribution in [1.82, 2.24) is 4.90 Å². The highest BCUT2D eigenvalue weighted by atomic mass is 16.7. The van der Waals surface area contributed by atoms with Gasteiger partial charge in [-0.25, -0.2) is 4.79 Å². The number of likely N-dealkylation sites (tertiary alicyclic amines) is 1. The molecule has 0 aromatic carbocycles. The zero-order chi connectivity index (χ0) is 18.2. The molecule has 0 spiro atoms. The monoisotopic (exact) mass is 337 g/mol. The largest absolute Gasteiger partial charge is 0.486 e. The Kier molecular flexibility index (Phi) is 5.41. The number of nitrogens with zero attached hydrogens (tertiary/aromatic N) is 1. The standard InChI is InChI=1S/C18H32BNO4/c1-16(2,3)22-15(21)20-12-8-9-14(13-20)10-11-19-23-17(4,5)18(6,7)24-19/h10-11,14H,8-9,12-13H2,1-7H3/b11-10+. The Morgan fingerprint density at radius 3 is 2.33 bits per heavy atom. The van der Waals surface area contributed by atoms with E-state index in [1.165, 1.54) is 0 Å². The van der Waals surface area contributed by atoms with Crippen LogP contribution in [0.1, 0.15) is 61.3 Å². The summed E-state index contributed by atoms with van der Waals surface area (Å²) in [5.41, 5.74) is -1.10. The predicted octanol–water partition coefficient (Wildman–Crippen LogP) is 3.82. The molecule has 0 radical (unpaired) electrons. The number of hydrogen-bond donors (Lipinski definition) is 0. The summed E-state index contributed by atoms with van der Waals surface area (Å²) >= 11 is 0. The van der Waals surface area contributed by atoms with Crippen molar-refractivity contribution in [2.75, 3.05) is 13.1 Å². The Hall–Kier alpha value is -1.01. The molecule has 24 heavy (non-hydrogen) atoms. The highest BCUT2D eigenvalue weighted by Gasteiger charge is 2.50. The van der Waals surface area contributed by atoms with Gasteiger partial charge in [-0.3, -0.25) is 0 Å². The van der Waals surface area contributed by atoms with Gasteiger partial charge in [-0.1, -0.05) is 12.1 Å². The van der Waals surface area contributed by atoms with Crippen LogP contribution in [0.3, 0.4) is 0 Å². The topological polar surface area (TPSA) is 48.0 Å². The average Bonchev–Trinajstić information content (AvgIpc) is 2.63. The van der Waals surface area contributed by atoms with Gasteiger partial charge < -0.3 is 18.9 Å². The normalized spacial score (nSPS) is 26.9. The second-order valence-electron chi connectivity index (χ2n) is 8.84. The molecule has 0 aromatic heterocycles. The number of piperidine rings is 1. The van der Waals surface area contributed by atoms with Crippen molar-refractivity contribution in [1.29, 1.82) is 0 Å². The lowest BCUT2D eigenvalue weighted by molar-refractivity contribution is 0.00578. The molecular formula is C18H32BNO4. The molecule has 5 nitrogen and oxygen atoms in total. The van der Waals surface area contributed by atoms with Gasteiger partial charge in [0, 0.05) is 13.1 Å². The van der Waals surface area contributed by atoms with E-state index in [4.69, 9.17) is 14.0 Å². The van der Waals surface area contributed by atoms with Crippen LogP contribution in [-0.4, -0.2) is 48.0 Å². The third-order valence-electron chi connectivity index (χ3n) is 4.92. The zero-order valence-electron chi connectivity index (χ0n) is 16.2. The van der Waals surface area contributed by atoms with E-state index >= 15 is 0 Å². The van der Waals surface area contributed by atoms with Crippen molar-refractivity contribution in [3.63, 3.8) is 0 Å². The van der Waals surface area contributed by atoms with Gasteiger partial charge in [0.15, 0.2) is 0 Å². The molecule has 2 fully saturated rings. The Morgan fingerprint density at radius 1 is 1.21 bits per heavy atom. The smallest absolute Gasteiger partial charge is 0.444 e. The van der Waals surface area contributed by atoms with Gasteiger partial charge in [0.1, 0.15) is 5.60 Å². The van der Waals surface area contributed by atoms with Crippen LogP contribution in [0, 0.1) is 5.92 Å². The summed E-state index contributed by atoms with van der Waals surface area (Å²) in [7, 11) is -0.327. The number of carbonyl (C=O) groups is 1. The van der Waals surface area contributed by atoms with E-state index < -0.39 is 5.60 Å². The number of amides is 1. The molecule has 0 N–H and O–H groups in total. The molecule has 2 aliphatic heterocycles. The maximum absolute atomic E-state index is 12.2. The van der Waals surface area contributed by atoms with Gasteiger partial charge in [0.05, 0.1) is 11.2 Å². The third-order valence-corrected chi connectivity index (χ3v) is 4.92. The molecule has 0 bridgehead atoms. The summed E-state index contributed by atoms with van der Waals surface area (Å²) in [6.45, 7) is 15.3. The van der Waals surface area contributed by atoms with Crippen LogP contribution in [-0.2, 0) is 14.0 Å². The first-order valence-corrected chi connectivity index (χ1v) is 8.91. The van der Waals surface area contributed by atoms with Gasteiger partial charge in [-0.2, -0.15) is 0 Å². The Balaban J connectivity index is 1.91. The molecule has 2 aliphatic rings. The Labute approximate surface area is 146 Å². The highest BCUT2D eigenvalue weighted by molar-refractivity contribution is 6.51. The van der Waals surface area contributed by atoms with Crippen LogP contribution in [0.5, 0.6) is 0 Å². The van der Waals surface area contributed by atoms with Gasteiger partial charge in [-0.05, 0) is 67.2 Å². The van der Waals surface area contributed by atoms with Crippen molar-refractivity contribution >= 4 is 13.2 Å². The van der Waals surface area contributed by atoms with Gasteiger partial charge in [-0.15, -0.1) is 0 Å². The Bertz CT molecular complexity index is 480. The maximum atomic E-state index is 12.2. The molecule has 0 aliphatic carbocycles. The fourth-order valence-electron chi connectivity index (χ4n) is 2.87. The fourth-order valence-corrected chi connectivity index (χ4v) is 2.87. The number of hydrogen-bond acceptors (Lipinski definition) is 4. The molecule has 0 aromatic rings. The van der Waals surface area contributed by atoms with E-state index in [0.717, 1.165) is 19.4 Å². The summed E-state index contributed by atoms with van der Waals surface area (Å²) in [5, 5.41) is 0. The number of carbonyl (C=O) groups excluding carboxylic acids is 1. The Morgan fingerprint density at radius 2 is 1.79 bits per heavy atom. The van der Waals surface area contributed by atoms with Crippen LogP contribution in [0.25, 0.3) is 0 Å². The molecule has 2 saturated heterocycles. The van der Waals surface area contributed by atoms with E-state index in [1.807, 2.05) is 54.4 Å². The second kappa shape index (κ2) is 6.72.